The zero-order valence-electron chi connectivity index (χ0n) is 9.47. The number of hydrogen-bond acceptors (Lipinski definition) is 4. The van der Waals surface area contributed by atoms with E-state index in [1.165, 1.54) is 11.1 Å². The first-order valence-electron chi connectivity index (χ1n) is 5.47. The molecule has 2 N–H and O–H groups in total. The third-order valence-electron chi connectivity index (χ3n) is 2.27. The molecule has 1 aromatic heterocycles. The van der Waals surface area contributed by atoms with Crippen molar-refractivity contribution in [2.45, 2.75) is 12.3 Å². The van der Waals surface area contributed by atoms with E-state index >= 15 is 0 Å². The summed E-state index contributed by atoms with van der Waals surface area (Å²) in [6, 6.07) is 14.4. The van der Waals surface area contributed by atoms with Crippen LogP contribution in [0.25, 0.3) is 0 Å². The minimum absolute atomic E-state index is 0.796. The number of benzene rings is 1. The maximum absolute atomic E-state index is 3.98. The Morgan fingerprint density at radius 2 is 1.71 bits per heavy atom. The van der Waals surface area contributed by atoms with Crippen LogP contribution in [0.4, 0.5) is 0 Å². The number of rotatable bonds is 6. The highest BCUT2D eigenvalue weighted by Crippen LogP contribution is 2.07. The lowest BCUT2D eigenvalue weighted by Gasteiger charge is -2.06. The van der Waals surface area contributed by atoms with Gasteiger partial charge < -0.3 is 0 Å². The van der Waals surface area contributed by atoms with Crippen molar-refractivity contribution in [1.29, 1.82) is 0 Å². The molecule has 0 aliphatic heterocycles. The third-order valence-corrected chi connectivity index (χ3v) is 3.03. The van der Waals surface area contributed by atoms with Crippen molar-refractivity contribution >= 4 is 11.9 Å². The van der Waals surface area contributed by atoms with Gasteiger partial charge in [-0.15, -0.1) is 0 Å². The predicted octanol–water partition coefficient (Wildman–Crippen LogP) is 2.52. The number of hydrazine groups is 1. The number of aromatic nitrogens is 1. The molecule has 0 spiro atoms. The van der Waals surface area contributed by atoms with Crippen LogP contribution in [-0.4, -0.2) is 4.98 Å². The number of nitrogens with zero attached hydrogens (tertiary/aromatic N) is 1. The van der Waals surface area contributed by atoms with Crippen LogP contribution in [0.1, 0.15) is 11.1 Å². The summed E-state index contributed by atoms with van der Waals surface area (Å²) >= 11 is 1.65. The van der Waals surface area contributed by atoms with Crippen LogP contribution in [0.15, 0.2) is 54.9 Å². The van der Waals surface area contributed by atoms with Crippen LogP contribution in [0, 0.1) is 0 Å². The van der Waals surface area contributed by atoms with Crippen molar-refractivity contribution in [3.05, 3.63) is 66.0 Å². The van der Waals surface area contributed by atoms with E-state index in [4.69, 9.17) is 0 Å². The molecule has 0 aliphatic carbocycles. The minimum atomic E-state index is 0.796. The van der Waals surface area contributed by atoms with E-state index in [-0.39, 0.29) is 0 Å². The quantitative estimate of drug-likeness (QED) is 0.466. The van der Waals surface area contributed by atoms with E-state index in [0.717, 1.165) is 12.3 Å². The molecule has 0 fully saturated rings. The molecule has 0 aliphatic rings. The molecule has 3 nitrogen and oxygen atoms in total. The van der Waals surface area contributed by atoms with E-state index < -0.39 is 0 Å². The topological polar surface area (TPSA) is 37.0 Å². The minimum Gasteiger partial charge on any atom is -0.265 e. The van der Waals surface area contributed by atoms with Gasteiger partial charge in [0.2, 0.25) is 0 Å². The van der Waals surface area contributed by atoms with Gasteiger partial charge in [-0.05, 0) is 23.3 Å². The highest BCUT2D eigenvalue weighted by molar-refractivity contribution is 7.96. The monoisotopic (exact) mass is 245 g/mol. The molecule has 0 unspecified atom stereocenters. The van der Waals surface area contributed by atoms with Crippen molar-refractivity contribution in [3.63, 3.8) is 0 Å². The average molecular weight is 245 g/mol. The van der Waals surface area contributed by atoms with Gasteiger partial charge in [0.1, 0.15) is 0 Å². The Hall–Kier alpha value is -1.36. The standard InChI is InChI=1S/C13H15N3S/c1-2-4-13(5-3-1)11-17-16-15-10-12-6-8-14-9-7-12/h1-9,15-16H,10-11H2. The number of pyridine rings is 1. The summed E-state index contributed by atoms with van der Waals surface area (Å²) < 4.78 is 0. The van der Waals surface area contributed by atoms with Crippen molar-refractivity contribution < 1.29 is 0 Å². The van der Waals surface area contributed by atoms with Crippen LogP contribution in [0.2, 0.25) is 0 Å². The lowest BCUT2D eigenvalue weighted by Crippen LogP contribution is -2.24. The van der Waals surface area contributed by atoms with Gasteiger partial charge >= 0.3 is 0 Å². The lowest BCUT2D eigenvalue weighted by atomic mass is 10.2. The molecule has 0 saturated heterocycles. The first kappa shape index (κ1) is 12.1. The molecule has 0 radical (unpaired) electrons. The van der Waals surface area contributed by atoms with Gasteiger partial charge in [0.25, 0.3) is 0 Å². The normalized spacial score (nSPS) is 10.4. The SMILES string of the molecule is c1ccc(CSNNCc2ccncc2)cc1. The zero-order valence-corrected chi connectivity index (χ0v) is 10.3. The Morgan fingerprint density at radius 1 is 0.941 bits per heavy atom. The van der Waals surface area contributed by atoms with Crippen molar-refractivity contribution in [1.82, 2.24) is 15.2 Å². The smallest absolute Gasteiger partial charge is 0.0361 e. The van der Waals surface area contributed by atoms with Gasteiger partial charge in [0.15, 0.2) is 0 Å². The summed E-state index contributed by atoms with van der Waals surface area (Å²) in [4.78, 5) is 7.10. The largest absolute Gasteiger partial charge is 0.265 e. The molecule has 4 heteroatoms. The van der Waals surface area contributed by atoms with Gasteiger partial charge in [-0.2, -0.15) is 0 Å². The lowest BCUT2D eigenvalue weighted by molar-refractivity contribution is 0.684. The Labute approximate surface area is 106 Å². The van der Waals surface area contributed by atoms with Crippen LogP contribution < -0.4 is 10.3 Å². The summed E-state index contributed by atoms with van der Waals surface area (Å²) in [6.45, 7) is 0.796. The fraction of sp³-hybridized carbons (Fsp3) is 0.154. The van der Waals surface area contributed by atoms with E-state index in [2.05, 4.69) is 39.5 Å². The average Bonchev–Trinajstić information content (AvgIpc) is 2.41. The Balaban J connectivity index is 1.61. The molecular weight excluding hydrogens is 230 g/mol. The Morgan fingerprint density at radius 3 is 2.47 bits per heavy atom. The predicted molar refractivity (Wildman–Crippen MR) is 71.9 cm³/mol. The van der Waals surface area contributed by atoms with Crippen molar-refractivity contribution in [3.8, 4) is 0 Å². The first-order chi connectivity index (χ1) is 8.45. The zero-order chi connectivity index (χ0) is 11.8. The molecule has 2 rings (SSSR count). The second-order valence-corrected chi connectivity index (χ2v) is 4.37. The van der Waals surface area contributed by atoms with Crippen molar-refractivity contribution in [2.24, 2.45) is 0 Å². The number of nitrogens with one attached hydrogen (secondary N) is 2. The van der Waals surface area contributed by atoms with Gasteiger partial charge in [-0.1, -0.05) is 42.3 Å². The fourth-order valence-corrected chi connectivity index (χ4v) is 1.99. The molecule has 1 aromatic carbocycles. The second kappa shape index (κ2) is 7.06. The fourth-order valence-electron chi connectivity index (χ4n) is 1.38. The molecular formula is C13H15N3S. The van der Waals surface area contributed by atoms with Crippen LogP contribution in [0.3, 0.4) is 0 Å². The summed E-state index contributed by atoms with van der Waals surface area (Å²) in [5.74, 6) is 0.949. The molecule has 88 valence electrons. The van der Waals surface area contributed by atoms with E-state index in [9.17, 15) is 0 Å². The Kier molecular flexibility index (Phi) is 5.03. The van der Waals surface area contributed by atoms with Gasteiger partial charge in [0.05, 0.1) is 0 Å². The highest BCUT2D eigenvalue weighted by atomic mass is 32.2. The summed E-state index contributed by atoms with van der Waals surface area (Å²) in [5.41, 5.74) is 5.69. The highest BCUT2D eigenvalue weighted by Gasteiger charge is 1.92. The molecule has 2 aromatic rings. The maximum Gasteiger partial charge on any atom is 0.0361 e. The van der Waals surface area contributed by atoms with Crippen molar-refractivity contribution in [2.75, 3.05) is 0 Å². The van der Waals surface area contributed by atoms with Crippen LogP contribution in [-0.2, 0) is 12.3 Å². The van der Waals surface area contributed by atoms with E-state index in [1.54, 1.807) is 24.3 Å². The van der Waals surface area contributed by atoms with Crippen LogP contribution >= 0.6 is 11.9 Å². The molecule has 0 amide bonds. The summed E-state index contributed by atoms with van der Waals surface area (Å²) in [6.07, 6.45) is 3.60. The first-order valence-corrected chi connectivity index (χ1v) is 6.46. The summed E-state index contributed by atoms with van der Waals surface area (Å²) in [5, 5.41) is 0. The van der Waals surface area contributed by atoms with E-state index in [1.807, 2.05) is 18.2 Å². The van der Waals surface area contributed by atoms with Crippen LogP contribution in [0.5, 0.6) is 0 Å². The number of hydrogen-bond donors (Lipinski definition) is 2. The molecule has 1 heterocycles. The Bertz CT molecular complexity index is 378. The molecule has 0 bridgehead atoms. The second-order valence-electron chi connectivity index (χ2n) is 3.59. The van der Waals surface area contributed by atoms with Gasteiger partial charge in [0, 0.05) is 24.7 Å². The summed E-state index contributed by atoms with van der Waals surface area (Å²) in [7, 11) is 0. The molecule has 0 atom stereocenters. The molecule has 17 heavy (non-hydrogen) atoms. The molecule has 0 saturated carbocycles. The third kappa shape index (κ3) is 4.56. The van der Waals surface area contributed by atoms with Gasteiger partial charge in [-0.25, -0.2) is 10.3 Å². The van der Waals surface area contributed by atoms with E-state index in [0.29, 0.717) is 0 Å². The maximum atomic E-state index is 3.98. The van der Waals surface area contributed by atoms with Gasteiger partial charge in [-0.3, -0.25) is 4.98 Å².